The maximum Gasteiger partial charge on any atom is 0.253 e. The van der Waals surface area contributed by atoms with Gasteiger partial charge in [-0.2, -0.15) is 0 Å². The van der Waals surface area contributed by atoms with Gasteiger partial charge >= 0.3 is 0 Å². The van der Waals surface area contributed by atoms with E-state index in [1.165, 1.54) is 35.6 Å². The number of carbonyl (C=O) groups excluding carboxylic acids is 2. The van der Waals surface area contributed by atoms with Gasteiger partial charge in [-0.25, -0.2) is 8.42 Å². The van der Waals surface area contributed by atoms with Gasteiger partial charge in [0.15, 0.2) is 0 Å². The molecular weight excluding hydrogens is 464 g/mol. The minimum Gasteiger partial charge on any atom is -0.372 e. The summed E-state index contributed by atoms with van der Waals surface area (Å²) in [6, 6.07) is 14.1. The number of amides is 2. The van der Waals surface area contributed by atoms with E-state index < -0.39 is 15.9 Å². The number of rotatable bonds is 8. The molecule has 1 saturated heterocycles. The molecule has 0 saturated carbocycles. The van der Waals surface area contributed by atoms with Crippen LogP contribution in [0.5, 0.6) is 0 Å². The van der Waals surface area contributed by atoms with E-state index in [1.807, 2.05) is 19.1 Å². The van der Waals surface area contributed by atoms with E-state index in [0.717, 1.165) is 35.1 Å². The average Bonchev–Trinajstić information content (AvgIpc) is 2.82. The van der Waals surface area contributed by atoms with Crippen molar-refractivity contribution in [1.82, 2.24) is 10.2 Å². The average molecular weight is 501 g/mol. The monoisotopic (exact) mass is 500 g/mol. The third-order valence-corrected chi connectivity index (χ3v) is 7.56. The van der Waals surface area contributed by atoms with E-state index in [-0.39, 0.29) is 18.5 Å². The Hall–Kier alpha value is -3.07. The number of carbonyl (C=O) groups is 2. The molecule has 1 fully saturated rings. The lowest BCUT2D eigenvalue weighted by Gasteiger charge is -2.32. The third-order valence-electron chi connectivity index (χ3n) is 6.42. The normalized spacial score (nSPS) is 15.4. The zero-order valence-electron chi connectivity index (χ0n) is 21.2. The van der Waals surface area contributed by atoms with Crippen molar-refractivity contribution in [3.63, 3.8) is 0 Å². The number of hydrogen-bond acceptors (Lipinski definition) is 5. The summed E-state index contributed by atoms with van der Waals surface area (Å²) >= 11 is 0. The first-order chi connectivity index (χ1) is 16.5. The van der Waals surface area contributed by atoms with Crippen molar-refractivity contribution in [2.24, 2.45) is 5.92 Å². The van der Waals surface area contributed by atoms with Crippen molar-refractivity contribution < 1.29 is 18.0 Å². The van der Waals surface area contributed by atoms with Gasteiger partial charge in [0.05, 0.1) is 18.0 Å². The van der Waals surface area contributed by atoms with E-state index in [2.05, 4.69) is 29.3 Å². The van der Waals surface area contributed by atoms with Crippen molar-refractivity contribution in [2.75, 3.05) is 49.2 Å². The summed E-state index contributed by atoms with van der Waals surface area (Å²) in [4.78, 5) is 28.7. The lowest BCUT2D eigenvalue weighted by Crippen LogP contribution is -2.41. The molecule has 1 unspecified atom stereocenters. The van der Waals surface area contributed by atoms with E-state index >= 15 is 0 Å². The lowest BCUT2D eigenvalue weighted by molar-refractivity contribution is -0.120. The number of nitrogens with one attached hydrogen (secondary N) is 1. The Balaban J connectivity index is 1.65. The number of hydrogen-bond donors (Lipinski definition) is 1. The van der Waals surface area contributed by atoms with Crippen LogP contribution in [0, 0.1) is 5.92 Å². The van der Waals surface area contributed by atoms with Crippen molar-refractivity contribution in [2.45, 2.75) is 32.7 Å². The highest BCUT2D eigenvalue weighted by molar-refractivity contribution is 7.92. The second-order valence-electron chi connectivity index (χ2n) is 9.57. The Morgan fingerprint density at radius 2 is 1.60 bits per heavy atom. The Labute approximate surface area is 209 Å². The summed E-state index contributed by atoms with van der Waals surface area (Å²) in [5.41, 5.74) is 2.89. The van der Waals surface area contributed by atoms with E-state index in [0.29, 0.717) is 11.3 Å². The number of benzene rings is 2. The molecule has 0 aromatic heterocycles. The second kappa shape index (κ2) is 11.1. The molecule has 9 heteroatoms. The van der Waals surface area contributed by atoms with Crippen LogP contribution in [0.2, 0.25) is 0 Å². The molecule has 8 nitrogen and oxygen atoms in total. The van der Waals surface area contributed by atoms with Crippen LogP contribution < -0.4 is 14.5 Å². The third kappa shape index (κ3) is 6.97. The number of piperidine rings is 1. The van der Waals surface area contributed by atoms with E-state index in [9.17, 15) is 18.0 Å². The first kappa shape index (κ1) is 26.5. The first-order valence-corrected chi connectivity index (χ1v) is 13.7. The zero-order chi connectivity index (χ0) is 25.8. The minimum atomic E-state index is -3.71. The molecule has 1 heterocycles. The highest BCUT2D eigenvalue weighted by Gasteiger charge is 2.23. The molecule has 1 atom stereocenters. The van der Waals surface area contributed by atoms with Gasteiger partial charge in [0.2, 0.25) is 15.9 Å². The van der Waals surface area contributed by atoms with Crippen molar-refractivity contribution in [3.8, 4) is 0 Å². The van der Waals surface area contributed by atoms with Gasteiger partial charge in [0.25, 0.3) is 5.91 Å². The molecule has 1 aliphatic heterocycles. The van der Waals surface area contributed by atoms with E-state index in [1.54, 1.807) is 26.2 Å². The topological polar surface area (TPSA) is 90.0 Å². The molecule has 3 rings (SSSR count). The van der Waals surface area contributed by atoms with Crippen molar-refractivity contribution >= 4 is 33.2 Å². The van der Waals surface area contributed by atoms with Crippen LogP contribution in [0.3, 0.4) is 0 Å². The summed E-state index contributed by atoms with van der Waals surface area (Å²) in [6.45, 7) is 5.92. The summed E-state index contributed by atoms with van der Waals surface area (Å²) in [6.07, 6.45) is 3.45. The molecule has 2 aromatic rings. The number of nitrogens with zero attached hydrogens (tertiary/aromatic N) is 3. The van der Waals surface area contributed by atoms with Gasteiger partial charge in [0, 0.05) is 38.4 Å². The van der Waals surface area contributed by atoms with Crippen LogP contribution in [0.4, 0.5) is 11.4 Å². The fourth-order valence-electron chi connectivity index (χ4n) is 4.17. The summed E-state index contributed by atoms with van der Waals surface area (Å²) < 4.78 is 25.9. The van der Waals surface area contributed by atoms with E-state index in [4.69, 9.17) is 0 Å². The van der Waals surface area contributed by atoms with Gasteiger partial charge in [-0.15, -0.1) is 0 Å². The molecular formula is C26H36N4O4S. The Morgan fingerprint density at radius 1 is 1.03 bits per heavy atom. The fourth-order valence-corrected chi connectivity index (χ4v) is 5.03. The van der Waals surface area contributed by atoms with Crippen LogP contribution in [0.1, 0.15) is 48.7 Å². The molecule has 0 aliphatic carbocycles. The minimum absolute atomic E-state index is 0.185. The van der Waals surface area contributed by atoms with Crippen LogP contribution in [0.25, 0.3) is 0 Å². The Kier molecular flexibility index (Phi) is 8.43. The summed E-state index contributed by atoms with van der Waals surface area (Å²) in [7, 11) is -0.423. The van der Waals surface area contributed by atoms with Gasteiger partial charge in [-0.3, -0.25) is 13.9 Å². The molecule has 2 amide bonds. The van der Waals surface area contributed by atoms with Gasteiger partial charge in [-0.1, -0.05) is 19.1 Å². The lowest BCUT2D eigenvalue weighted by atomic mass is 9.98. The zero-order valence-corrected chi connectivity index (χ0v) is 22.0. The molecule has 35 heavy (non-hydrogen) atoms. The molecule has 2 aromatic carbocycles. The number of sulfonamides is 1. The predicted octanol–water partition coefficient (Wildman–Crippen LogP) is 3.27. The Bertz CT molecular complexity index is 1120. The van der Waals surface area contributed by atoms with Gasteiger partial charge < -0.3 is 15.1 Å². The molecule has 1 N–H and O–H groups in total. The fraction of sp³-hybridized carbons (Fsp3) is 0.462. The second-order valence-corrected chi connectivity index (χ2v) is 11.5. The first-order valence-electron chi connectivity index (χ1n) is 11.9. The summed E-state index contributed by atoms with van der Waals surface area (Å²) in [5.74, 6) is 0.172. The van der Waals surface area contributed by atoms with Crippen LogP contribution in [0.15, 0.2) is 48.5 Å². The smallest absolute Gasteiger partial charge is 0.253 e. The van der Waals surface area contributed by atoms with Crippen molar-refractivity contribution in [1.29, 1.82) is 0 Å². The highest BCUT2D eigenvalue weighted by Crippen LogP contribution is 2.25. The SMILES string of the molecule is CC1CCN(c2ccc(C(C)NC(=O)CN(c3ccc(C(=O)N(C)C)cc3)S(C)(=O)=O)cc2)CC1. The predicted molar refractivity (Wildman–Crippen MR) is 140 cm³/mol. The molecule has 0 radical (unpaired) electrons. The van der Waals surface area contributed by atoms with Crippen molar-refractivity contribution in [3.05, 3.63) is 59.7 Å². The van der Waals surface area contributed by atoms with Crippen LogP contribution in [-0.2, 0) is 14.8 Å². The van der Waals surface area contributed by atoms with Crippen LogP contribution >= 0.6 is 0 Å². The maximum absolute atomic E-state index is 12.8. The Morgan fingerprint density at radius 3 is 2.11 bits per heavy atom. The quantitative estimate of drug-likeness (QED) is 0.601. The molecule has 0 spiro atoms. The maximum atomic E-state index is 12.8. The van der Waals surface area contributed by atoms with Gasteiger partial charge in [0.1, 0.15) is 6.54 Å². The molecule has 1 aliphatic rings. The standard InChI is InChI=1S/C26H36N4O4S/c1-19-14-16-29(17-15-19)23-10-6-21(7-11-23)20(2)27-25(31)18-30(35(5,33)34)24-12-8-22(9-13-24)26(32)28(3)4/h6-13,19-20H,14-18H2,1-5H3,(H,27,31). The highest BCUT2D eigenvalue weighted by atomic mass is 32.2. The number of anilines is 2. The molecule has 0 bridgehead atoms. The van der Waals surface area contributed by atoms with Gasteiger partial charge in [-0.05, 0) is 67.6 Å². The summed E-state index contributed by atoms with van der Waals surface area (Å²) in [5, 5.41) is 2.90. The molecule has 190 valence electrons. The van der Waals surface area contributed by atoms with Crippen LogP contribution in [-0.4, -0.2) is 65.1 Å². The largest absolute Gasteiger partial charge is 0.372 e.